The molecule has 3 heteroatoms. The van der Waals surface area contributed by atoms with Gasteiger partial charge in [0.05, 0.1) is 0 Å². The molecule has 0 spiro atoms. The molecule has 0 atom stereocenters. The molecule has 0 amide bonds. The van der Waals surface area contributed by atoms with Gasteiger partial charge in [0, 0.05) is 20.1 Å². The van der Waals surface area contributed by atoms with E-state index in [1.165, 1.54) is 25.7 Å². The second-order valence-electron chi connectivity index (χ2n) is 4.99. The van der Waals surface area contributed by atoms with Gasteiger partial charge < -0.3 is 10.6 Å². The average molecular weight is 209 g/mol. The number of nitrogens with one attached hydrogen (secondary N) is 2. The Morgan fingerprint density at radius 1 is 1.33 bits per heavy atom. The van der Waals surface area contributed by atoms with Gasteiger partial charge in [-0.15, -0.1) is 0 Å². The molecule has 2 fully saturated rings. The Balaban J connectivity index is 1.71. The van der Waals surface area contributed by atoms with Crippen LogP contribution in [-0.2, 0) is 0 Å². The van der Waals surface area contributed by atoms with E-state index in [2.05, 4.69) is 22.5 Å². The zero-order valence-corrected chi connectivity index (χ0v) is 9.97. The molecule has 3 nitrogen and oxygen atoms in total. The predicted octanol–water partition coefficient (Wildman–Crippen LogP) is 1.75. The van der Waals surface area contributed by atoms with Crippen LogP contribution in [0, 0.1) is 11.3 Å². The maximum absolute atomic E-state index is 4.23. The van der Waals surface area contributed by atoms with Gasteiger partial charge in [-0.25, -0.2) is 0 Å². The Bertz CT molecular complexity index is 239. The van der Waals surface area contributed by atoms with Crippen LogP contribution in [0.25, 0.3) is 0 Å². The van der Waals surface area contributed by atoms with E-state index < -0.39 is 0 Å². The van der Waals surface area contributed by atoms with Crippen molar-refractivity contribution in [3.63, 3.8) is 0 Å². The van der Waals surface area contributed by atoms with Gasteiger partial charge in [0.15, 0.2) is 5.96 Å². The van der Waals surface area contributed by atoms with Crippen molar-refractivity contribution in [3.05, 3.63) is 0 Å². The summed E-state index contributed by atoms with van der Waals surface area (Å²) in [5.41, 5.74) is 0.657. The Kier molecular flexibility index (Phi) is 3.17. The molecule has 2 aliphatic carbocycles. The monoisotopic (exact) mass is 209 g/mol. The summed E-state index contributed by atoms with van der Waals surface area (Å²) in [5, 5.41) is 6.78. The summed E-state index contributed by atoms with van der Waals surface area (Å²) in [6.07, 6.45) is 6.92. The first-order valence-electron chi connectivity index (χ1n) is 6.25. The highest BCUT2D eigenvalue weighted by Gasteiger charge is 2.53. The fourth-order valence-corrected chi connectivity index (χ4v) is 2.31. The number of aliphatic imine (C=N–C) groups is 1. The summed E-state index contributed by atoms with van der Waals surface area (Å²) >= 11 is 0. The van der Waals surface area contributed by atoms with Gasteiger partial charge >= 0.3 is 0 Å². The molecule has 2 rings (SSSR count). The third kappa shape index (κ3) is 2.64. The quantitative estimate of drug-likeness (QED) is 0.534. The fraction of sp³-hybridized carbons (Fsp3) is 0.917. The van der Waals surface area contributed by atoms with Gasteiger partial charge in [0.1, 0.15) is 0 Å². The van der Waals surface area contributed by atoms with Crippen LogP contribution in [-0.4, -0.2) is 26.1 Å². The van der Waals surface area contributed by atoms with E-state index in [0.717, 1.165) is 31.4 Å². The Labute approximate surface area is 92.7 Å². The van der Waals surface area contributed by atoms with Gasteiger partial charge in [-0.3, -0.25) is 4.99 Å². The van der Waals surface area contributed by atoms with E-state index >= 15 is 0 Å². The van der Waals surface area contributed by atoms with E-state index in [9.17, 15) is 0 Å². The zero-order chi connectivity index (χ0) is 10.7. The first-order chi connectivity index (χ1) is 7.30. The minimum absolute atomic E-state index is 0.657. The van der Waals surface area contributed by atoms with Crippen molar-refractivity contribution in [2.75, 3.05) is 20.1 Å². The minimum atomic E-state index is 0.657. The van der Waals surface area contributed by atoms with Crippen LogP contribution in [0.5, 0.6) is 0 Å². The molecule has 0 radical (unpaired) electrons. The van der Waals surface area contributed by atoms with E-state index in [-0.39, 0.29) is 0 Å². The lowest BCUT2D eigenvalue weighted by Gasteiger charge is -2.17. The van der Waals surface area contributed by atoms with E-state index in [4.69, 9.17) is 0 Å². The summed E-state index contributed by atoms with van der Waals surface area (Å²) in [6, 6.07) is 0. The zero-order valence-electron chi connectivity index (χ0n) is 9.97. The summed E-state index contributed by atoms with van der Waals surface area (Å²) in [6.45, 7) is 4.31. The molecule has 0 saturated heterocycles. The third-order valence-electron chi connectivity index (χ3n) is 3.71. The number of hydrogen-bond donors (Lipinski definition) is 2. The highest BCUT2D eigenvalue weighted by molar-refractivity contribution is 5.79. The summed E-state index contributed by atoms with van der Waals surface area (Å²) in [7, 11) is 1.85. The van der Waals surface area contributed by atoms with Gasteiger partial charge in [-0.1, -0.05) is 6.92 Å². The highest BCUT2D eigenvalue weighted by Crippen LogP contribution is 2.60. The molecule has 2 aliphatic rings. The molecule has 2 saturated carbocycles. The molecule has 0 aromatic carbocycles. The molecule has 2 N–H and O–H groups in total. The third-order valence-corrected chi connectivity index (χ3v) is 3.71. The lowest BCUT2D eigenvalue weighted by Crippen LogP contribution is -2.40. The molecule has 0 aromatic heterocycles. The molecule has 0 heterocycles. The van der Waals surface area contributed by atoms with E-state index in [1.807, 2.05) is 7.05 Å². The second kappa shape index (κ2) is 4.42. The molecule has 86 valence electrons. The van der Waals surface area contributed by atoms with Crippen molar-refractivity contribution in [2.45, 2.75) is 39.0 Å². The Hall–Kier alpha value is -0.730. The van der Waals surface area contributed by atoms with Crippen molar-refractivity contribution in [1.82, 2.24) is 10.6 Å². The van der Waals surface area contributed by atoms with Gasteiger partial charge in [0.25, 0.3) is 0 Å². The maximum atomic E-state index is 4.23. The molecule has 0 unspecified atom stereocenters. The lowest BCUT2D eigenvalue weighted by atomic mass is 10.0. The number of hydrogen-bond acceptors (Lipinski definition) is 1. The van der Waals surface area contributed by atoms with Crippen LogP contribution in [0.2, 0.25) is 0 Å². The summed E-state index contributed by atoms with van der Waals surface area (Å²) < 4.78 is 0. The Morgan fingerprint density at radius 3 is 2.53 bits per heavy atom. The summed E-state index contributed by atoms with van der Waals surface area (Å²) in [4.78, 5) is 4.23. The van der Waals surface area contributed by atoms with Crippen LogP contribution < -0.4 is 10.6 Å². The van der Waals surface area contributed by atoms with Gasteiger partial charge in [-0.05, 0) is 43.4 Å². The largest absolute Gasteiger partial charge is 0.356 e. The topological polar surface area (TPSA) is 36.4 Å². The predicted molar refractivity (Wildman–Crippen MR) is 64.0 cm³/mol. The molecule has 0 aromatic rings. The standard InChI is InChI=1S/C12H23N3/c1-3-8-14-11(13-2)15-9-12(6-7-12)10-4-5-10/h10H,3-9H2,1-2H3,(H2,13,14,15). The fourth-order valence-electron chi connectivity index (χ4n) is 2.31. The number of nitrogens with zero attached hydrogens (tertiary/aromatic N) is 1. The smallest absolute Gasteiger partial charge is 0.190 e. The first kappa shape index (κ1) is 10.8. The lowest BCUT2D eigenvalue weighted by molar-refractivity contribution is 0.431. The van der Waals surface area contributed by atoms with Crippen molar-refractivity contribution < 1.29 is 0 Å². The van der Waals surface area contributed by atoms with Crippen molar-refractivity contribution in [3.8, 4) is 0 Å². The minimum Gasteiger partial charge on any atom is -0.356 e. The van der Waals surface area contributed by atoms with Crippen molar-refractivity contribution in [1.29, 1.82) is 0 Å². The summed E-state index contributed by atoms with van der Waals surface area (Å²) in [5.74, 6) is 2.00. The maximum Gasteiger partial charge on any atom is 0.190 e. The van der Waals surface area contributed by atoms with Crippen LogP contribution >= 0.6 is 0 Å². The van der Waals surface area contributed by atoms with E-state index in [0.29, 0.717) is 5.41 Å². The van der Waals surface area contributed by atoms with E-state index in [1.54, 1.807) is 0 Å². The molecular weight excluding hydrogens is 186 g/mol. The van der Waals surface area contributed by atoms with Crippen LogP contribution in [0.3, 0.4) is 0 Å². The van der Waals surface area contributed by atoms with Crippen LogP contribution in [0.4, 0.5) is 0 Å². The van der Waals surface area contributed by atoms with Gasteiger partial charge in [-0.2, -0.15) is 0 Å². The molecule has 15 heavy (non-hydrogen) atoms. The second-order valence-corrected chi connectivity index (χ2v) is 4.99. The average Bonchev–Trinajstić information content (AvgIpc) is 3.10. The molecule has 0 bridgehead atoms. The van der Waals surface area contributed by atoms with Crippen molar-refractivity contribution >= 4 is 5.96 Å². The number of rotatable bonds is 5. The molecule has 0 aliphatic heterocycles. The Morgan fingerprint density at radius 2 is 2.07 bits per heavy atom. The number of guanidine groups is 1. The van der Waals surface area contributed by atoms with Gasteiger partial charge in [0.2, 0.25) is 0 Å². The van der Waals surface area contributed by atoms with Crippen LogP contribution in [0.15, 0.2) is 4.99 Å². The normalized spacial score (nSPS) is 23.7. The highest BCUT2D eigenvalue weighted by atomic mass is 15.2. The van der Waals surface area contributed by atoms with Crippen molar-refractivity contribution in [2.24, 2.45) is 16.3 Å². The first-order valence-corrected chi connectivity index (χ1v) is 6.25. The van der Waals surface area contributed by atoms with Crippen LogP contribution in [0.1, 0.15) is 39.0 Å². The SMILES string of the molecule is CCCNC(=NC)NCC1(C2CC2)CC1. The molecular formula is C12H23N3.